The highest BCUT2D eigenvalue weighted by molar-refractivity contribution is 7.24. The van der Waals surface area contributed by atoms with Gasteiger partial charge in [-0.1, -0.05) is 36.6 Å². The van der Waals surface area contributed by atoms with Crippen molar-refractivity contribution in [2.75, 3.05) is 0 Å². The maximum Gasteiger partial charge on any atom is 0.156 e. The van der Waals surface area contributed by atoms with E-state index in [2.05, 4.69) is 61.6 Å². The van der Waals surface area contributed by atoms with Crippen LogP contribution < -0.4 is 15.0 Å². The summed E-state index contributed by atoms with van der Waals surface area (Å²) in [6.45, 7) is 2.21. The first-order chi connectivity index (χ1) is 11.2. The third kappa shape index (κ3) is 2.59. The zero-order valence-corrected chi connectivity index (χ0v) is 15.7. The molecule has 0 saturated carbocycles. The van der Waals surface area contributed by atoms with Gasteiger partial charge in [0.1, 0.15) is 11.0 Å². The van der Waals surface area contributed by atoms with Crippen LogP contribution in [0.3, 0.4) is 0 Å². The predicted molar refractivity (Wildman–Crippen MR) is 113 cm³/mol. The van der Waals surface area contributed by atoms with Gasteiger partial charge < -0.3 is 0 Å². The molecule has 8 heteroatoms. The van der Waals surface area contributed by atoms with Crippen LogP contribution in [0.4, 0.5) is 0 Å². The Hall–Kier alpha value is -1.37. The summed E-state index contributed by atoms with van der Waals surface area (Å²) in [5, 5.41) is 0. The minimum Gasteiger partial charge on any atom is -0.172 e. The highest BCUT2D eigenvalue weighted by atomic mass is 32.1. The zero-order chi connectivity index (χ0) is 16.0. The smallest absolute Gasteiger partial charge is 0.156 e. The van der Waals surface area contributed by atoms with E-state index >= 15 is 0 Å². The molecular weight excluding hydrogens is 337 g/mol. The predicted octanol–water partition coefficient (Wildman–Crippen LogP) is 0.775. The van der Waals surface area contributed by atoms with E-state index in [1.807, 2.05) is 22.7 Å². The number of fused-ring (bicyclic) bond motifs is 1. The molecule has 0 N–H and O–H groups in total. The van der Waals surface area contributed by atoms with Crippen molar-refractivity contribution in [3.05, 3.63) is 30.3 Å². The topological polar surface area (TPSA) is 25.8 Å². The van der Waals surface area contributed by atoms with Crippen molar-refractivity contribution in [3.63, 3.8) is 0 Å². The van der Waals surface area contributed by atoms with Gasteiger partial charge in [0.2, 0.25) is 0 Å². The molecule has 0 amide bonds. The lowest BCUT2D eigenvalue weighted by Gasteiger charge is -2.05. The molecule has 0 atom stereocenters. The molecule has 0 saturated heterocycles. The van der Waals surface area contributed by atoms with Crippen molar-refractivity contribution in [2.45, 2.75) is 6.82 Å². The molecule has 0 radical (unpaired) electrons. The molecule has 23 heavy (non-hydrogen) atoms. The first-order valence-corrected chi connectivity index (χ1v) is 9.95. The number of hydrogen-bond donors (Lipinski definition) is 0. The van der Waals surface area contributed by atoms with Gasteiger partial charge in [-0.3, -0.25) is 0 Å². The Labute approximate surface area is 150 Å². The fourth-order valence-electron chi connectivity index (χ4n) is 2.89. The highest BCUT2D eigenvalue weighted by Gasteiger charge is 2.17. The number of aromatic nitrogens is 2. The van der Waals surface area contributed by atoms with Gasteiger partial charge in [-0.25, -0.2) is 0 Å². The Morgan fingerprint density at radius 3 is 2.35 bits per heavy atom. The van der Waals surface area contributed by atoms with Gasteiger partial charge in [-0.2, -0.15) is 31.4 Å². The third-order valence-electron chi connectivity index (χ3n) is 3.98. The lowest BCUT2D eigenvalue weighted by atomic mass is 9.72. The van der Waals surface area contributed by atoms with Crippen LogP contribution in [0.5, 0.6) is 0 Å². The summed E-state index contributed by atoms with van der Waals surface area (Å²) in [6, 6.07) is 11.1. The van der Waals surface area contributed by atoms with Gasteiger partial charge in [0.25, 0.3) is 0 Å². The molecule has 2 nitrogen and oxygen atoms in total. The van der Waals surface area contributed by atoms with Gasteiger partial charge in [0.15, 0.2) is 23.0 Å². The van der Waals surface area contributed by atoms with Crippen molar-refractivity contribution in [1.82, 2.24) is 8.75 Å². The molecule has 0 unspecified atom stereocenters. The molecule has 0 aliphatic heterocycles. The first kappa shape index (κ1) is 15.2. The first-order valence-electron chi connectivity index (χ1n) is 7.59. The van der Waals surface area contributed by atoms with E-state index in [-0.39, 0.29) is 0 Å². The van der Waals surface area contributed by atoms with E-state index in [0.717, 1.165) is 18.3 Å². The molecular formula is C15H13B3N2S3. The standard InChI is InChI=1S/C15H13B3N2S3/c1-18-9-6-12(17)22-15(9)8-3-2-7(10-4-5-11(16)21-10)13-14(8)20-23-19-13/h2-6,18H,16-17H2,1H3. The van der Waals surface area contributed by atoms with Crippen LogP contribution in [-0.2, 0) is 0 Å². The SMILES string of the molecule is Bc1ccc(-c2ccc(-c3sc(B)cc3BC)c3nsnc23)s1. The monoisotopic (exact) mass is 350 g/mol. The fourth-order valence-corrected chi connectivity index (χ4v) is 5.49. The van der Waals surface area contributed by atoms with Crippen molar-refractivity contribution < 1.29 is 0 Å². The summed E-state index contributed by atoms with van der Waals surface area (Å²) in [6.07, 6.45) is 0. The Balaban J connectivity index is 1.95. The molecule has 3 heterocycles. The summed E-state index contributed by atoms with van der Waals surface area (Å²) in [5.74, 6) is 0. The molecule has 4 aromatic rings. The van der Waals surface area contributed by atoms with E-state index in [9.17, 15) is 0 Å². The molecule has 0 fully saturated rings. The van der Waals surface area contributed by atoms with Crippen molar-refractivity contribution in [3.8, 4) is 20.9 Å². The van der Waals surface area contributed by atoms with Crippen LogP contribution in [-0.4, -0.2) is 31.7 Å². The normalized spacial score (nSPS) is 11.2. The molecule has 4 rings (SSSR count). The van der Waals surface area contributed by atoms with Gasteiger partial charge in [-0.05, 0) is 15.6 Å². The van der Waals surface area contributed by atoms with Crippen LogP contribution in [0.25, 0.3) is 31.9 Å². The van der Waals surface area contributed by atoms with Crippen molar-refractivity contribution in [2.24, 2.45) is 0 Å². The number of rotatable bonds is 3. The minimum atomic E-state index is 1.03. The van der Waals surface area contributed by atoms with Crippen LogP contribution >= 0.6 is 34.4 Å². The average molecular weight is 350 g/mol. The van der Waals surface area contributed by atoms with E-state index in [1.165, 1.54) is 47.6 Å². The molecule has 0 aliphatic carbocycles. The lowest BCUT2D eigenvalue weighted by Crippen LogP contribution is -2.11. The summed E-state index contributed by atoms with van der Waals surface area (Å²) < 4.78 is 11.9. The van der Waals surface area contributed by atoms with Crippen LogP contribution in [0.2, 0.25) is 6.82 Å². The quantitative estimate of drug-likeness (QED) is 0.511. The van der Waals surface area contributed by atoms with Gasteiger partial charge in [0, 0.05) is 20.9 Å². The maximum atomic E-state index is 4.61. The Morgan fingerprint density at radius 2 is 1.65 bits per heavy atom. The van der Waals surface area contributed by atoms with Gasteiger partial charge in [-0.15, -0.1) is 0 Å². The number of hydrogen-bond acceptors (Lipinski definition) is 5. The Kier molecular flexibility index (Phi) is 3.91. The van der Waals surface area contributed by atoms with Crippen LogP contribution in [0.15, 0.2) is 30.3 Å². The summed E-state index contributed by atoms with van der Waals surface area (Å²) in [5.41, 5.74) is 5.89. The summed E-state index contributed by atoms with van der Waals surface area (Å²) in [7, 11) is 5.36. The molecule has 0 spiro atoms. The van der Waals surface area contributed by atoms with E-state index in [0.29, 0.717) is 0 Å². The third-order valence-corrected chi connectivity index (χ3v) is 6.67. The van der Waals surface area contributed by atoms with E-state index < -0.39 is 0 Å². The lowest BCUT2D eigenvalue weighted by molar-refractivity contribution is 1.64. The molecule has 3 aromatic heterocycles. The second-order valence-electron chi connectivity index (χ2n) is 5.60. The van der Waals surface area contributed by atoms with E-state index in [1.54, 1.807) is 0 Å². The molecule has 0 aliphatic rings. The average Bonchev–Trinajstić information content (AvgIpc) is 3.25. The summed E-state index contributed by atoms with van der Waals surface area (Å²) >= 11 is 4.97. The van der Waals surface area contributed by atoms with Crippen molar-refractivity contribution >= 4 is 83.4 Å². The second-order valence-corrected chi connectivity index (χ2v) is 8.67. The maximum absolute atomic E-state index is 4.61. The van der Waals surface area contributed by atoms with Gasteiger partial charge in [0.05, 0.1) is 11.7 Å². The van der Waals surface area contributed by atoms with Crippen molar-refractivity contribution in [1.29, 1.82) is 0 Å². The summed E-state index contributed by atoms with van der Waals surface area (Å²) in [4.78, 5) is 2.61. The molecule has 0 bridgehead atoms. The number of benzene rings is 1. The molecule has 1 aromatic carbocycles. The second kappa shape index (κ2) is 5.93. The van der Waals surface area contributed by atoms with Crippen LogP contribution in [0.1, 0.15) is 0 Å². The number of thiophene rings is 2. The Bertz CT molecular complexity index is 1000. The fraction of sp³-hybridized carbons (Fsp3) is 0.0667. The van der Waals surface area contributed by atoms with E-state index in [4.69, 9.17) is 0 Å². The van der Waals surface area contributed by atoms with Crippen LogP contribution in [0, 0.1) is 0 Å². The largest absolute Gasteiger partial charge is 0.172 e. The highest BCUT2D eigenvalue weighted by Crippen LogP contribution is 2.36. The Morgan fingerprint density at radius 1 is 0.913 bits per heavy atom. The number of nitrogens with zero attached hydrogens (tertiary/aromatic N) is 2. The molecule has 110 valence electrons. The van der Waals surface area contributed by atoms with Gasteiger partial charge >= 0.3 is 0 Å². The minimum absolute atomic E-state index is 1.03. The zero-order valence-electron chi connectivity index (χ0n) is 13.2.